The van der Waals surface area contributed by atoms with Crippen molar-refractivity contribution >= 4 is 17.3 Å². The molecule has 0 radical (unpaired) electrons. The maximum atomic E-state index is 13.1. The summed E-state index contributed by atoms with van der Waals surface area (Å²) >= 11 is 0. The number of hydrogen-bond acceptors (Lipinski definition) is 4. The van der Waals surface area contributed by atoms with Gasteiger partial charge < -0.3 is 5.32 Å². The number of aryl methyl sites for hydroxylation is 1. The van der Waals surface area contributed by atoms with Crippen molar-refractivity contribution in [3.05, 3.63) is 68.4 Å². The number of carbonyl (C=O) groups excluding carboxylic acids is 1. The molecule has 1 heterocycles. The summed E-state index contributed by atoms with van der Waals surface area (Å²) in [7, 11) is 0. The van der Waals surface area contributed by atoms with Crippen molar-refractivity contribution in [1.82, 2.24) is 4.57 Å². The molecule has 0 spiro atoms. The zero-order valence-electron chi connectivity index (χ0n) is 11.6. The van der Waals surface area contributed by atoms with Crippen LogP contribution in [0.3, 0.4) is 0 Å². The molecule has 0 unspecified atom stereocenters. The van der Waals surface area contributed by atoms with E-state index in [4.69, 9.17) is 0 Å². The minimum absolute atomic E-state index is 0.281. The summed E-state index contributed by atoms with van der Waals surface area (Å²) in [6.45, 7) is 1.28. The molecular weight excluding hydrogens is 293 g/mol. The topological polar surface area (TPSA) is 94.2 Å². The summed E-state index contributed by atoms with van der Waals surface area (Å²) in [4.78, 5) is 33.5. The maximum absolute atomic E-state index is 13.1. The van der Waals surface area contributed by atoms with E-state index in [1.165, 1.54) is 12.1 Å². The van der Waals surface area contributed by atoms with Gasteiger partial charge >= 0.3 is 0 Å². The van der Waals surface area contributed by atoms with Crippen molar-refractivity contribution in [3.63, 3.8) is 0 Å². The van der Waals surface area contributed by atoms with E-state index < -0.39 is 28.8 Å². The molecule has 0 aliphatic carbocycles. The highest BCUT2D eigenvalue weighted by atomic mass is 19.1. The van der Waals surface area contributed by atoms with Crippen LogP contribution in [0.5, 0.6) is 0 Å². The number of pyridine rings is 1. The fraction of sp³-hybridized carbons (Fsp3) is 0.143. The molecule has 0 saturated heterocycles. The van der Waals surface area contributed by atoms with Gasteiger partial charge in [-0.2, -0.15) is 0 Å². The number of hydrogen-bond donors (Lipinski definition) is 1. The smallest absolute Gasteiger partial charge is 0.285 e. The van der Waals surface area contributed by atoms with E-state index in [0.717, 1.165) is 29.0 Å². The van der Waals surface area contributed by atoms with Gasteiger partial charge in [-0.1, -0.05) is 6.07 Å². The lowest BCUT2D eigenvalue weighted by atomic mass is 10.2. The number of nitrogens with one attached hydrogen (secondary N) is 1. The van der Waals surface area contributed by atoms with Gasteiger partial charge in [0.25, 0.3) is 11.2 Å². The predicted octanol–water partition coefficient (Wildman–Crippen LogP) is 1.84. The van der Waals surface area contributed by atoms with E-state index in [1.54, 1.807) is 6.92 Å². The van der Waals surface area contributed by atoms with Crippen LogP contribution < -0.4 is 10.9 Å². The summed E-state index contributed by atoms with van der Waals surface area (Å²) in [6.07, 6.45) is 0.986. The summed E-state index contributed by atoms with van der Waals surface area (Å²) in [5.41, 5.74) is 0.0932. The largest absolute Gasteiger partial charge is 0.324 e. The van der Waals surface area contributed by atoms with Gasteiger partial charge in [-0.15, -0.1) is 0 Å². The SMILES string of the molecule is Cc1ccc(F)cc1NC(=O)Cn1cc([N+](=O)[O-])ccc1=O. The Labute approximate surface area is 124 Å². The molecule has 8 heteroatoms. The lowest BCUT2D eigenvalue weighted by molar-refractivity contribution is -0.385. The third-order valence-corrected chi connectivity index (χ3v) is 2.97. The number of amides is 1. The Balaban J connectivity index is 2.19. The molecule has 1 aromatic carbocycles. The Bertz CT molecular complexity index is 801. The Kier molecular flexibility index (Phi) is 4.31. The number of anilines is 1. The van der Waals surface area contributed by atoms with Crippen molar-refractivity contribution in [2.24, 2.45) is 0 Å². The van der Waals surface area contributed by atoms with Crippen molar-refractivity contribution in [1.29, 1.82) is 0 Å². The number of nitro groups is 1. The van der Waals surface area contributed by atoms with Crippen LogP contribution in [0.4, 0.5) is 15.8 Å². The first kappa shape index (κ1) is 15.4. The zero-order chi connectivity index (χ0) is 16.3. The van der Waals surface area contributed by atoms with Gasteiger partial charge in [0.05, 0.1) is 11.1 Å². The molecule has 1 amide bonds. The van der Waals surface area contributed by atoms with Crippen LogP contribution >= 0.6 is 0 Å². The summed E-state index contributed by atoms with van der Waals surface area (Å²) in [5.74, 6) is -1.09. The Morgan fingerprint density at radius 3 is 2.77 bits per heavy atom. The number of benzene rings is 1. The molecule has 0 atom stereocenters. The maximum Gasteiger partial charge on any atom is 0.285 e. The summed E-state index contributed by atoms with van der Waals surface area (Å²) < 4.78 is 14.1. The second-order valence-electron chi connectivity index (χ2n) is 4.62. The summed E-state index contributed by atoms with van der Waals surface area (Å²) in [5, 5.41) is 13.1. The molecule has 0 aliphatic rings. The van der Waals surface area contributed by atoms with Crippen LogP contribution in [0, 0.1) is 22.9 Å². The minimum atomic E-state index is -0.662. The highest BCUT2D eigenvalue weighted by molar-refractivity contribution is 5.91. The van der Waals surface area contributed by atoms with Crippen LogP contribution in [-0.2, 0) is 11.3 Å². The van der Waals surface area contributed by atoms with Crippen molar-refractivity contribution in [2.75, 3.05) is 5.32 Å². The normalized spacial score (nSPS) is 10.3. The van der Waals surface area contributed by atoms with E-state index in [1.807, 2.05) is 0 Å². The van der Waals surface area contributed by atoms with Crippen LogP contribution in [0.25, 0.3) is 0 Å². The first-order valence-electron chi connectivity index (χ1n) is 6.27. The molecule has 22 heavy (non-hydrogen) atoms. The van der Waals surface area contributed by atoms with Crippen LogP contribution in [0.15, 0.2) is 41.3 Å². The van der Waals surface area contributed by atoms with Crippen molar-refractivity contribution in [3.8, 4) is 0 Å². The number of carbonyl (C=O) groups is 1. The number of nitrogens with zero attached hydrogens (tertiary/aromatic N) is 2. The van der Waals surface area contributed by atoms with Gasteiger partial charge in [0.1, 0.15) is 12.4 Å². The molecule has 114 valence electrons. The second-order valence-corrected chi connectivity index (χ2v) is 4.62. The van der Waals surface area contributed by atoms with E-state index in [2.05, 4.69) is 5.32 Å². The van der Waals surface area contributed by atoms with E-state index >= 15 is 0 Å². The first-order chi connectivity index (χ1) is 10.4. The average Bonchev–Trinajstić information content (AvgIpc) is 2.45. The molecule has 0 aliphatic heterocycles. The molecule has 7 nitrogen and oxygen atoms in total. The Hall–Kier alpha value is -3.03. The Morgan fingerprint density at radius 1 is 1.36 bits per heavy atom. The van der Waals surface area contributed by atoms with Crippen LogP contribution in [0.1, 0.15) is 5.56 Å². The molecule has 2 rings (SSSR count). The fourth-order valence-electron chi connectivity index (χ4n) is 1.82. The van der Waals surface area contributed by atoms with Crippen LogP contribution in [0.2, 0.25) is 0 Å². The quantitative estimate of drug-likeness (QED) is 0.689. The standard InChI is InChI=1S/C14H12FN3O4/c1-9-2-3-10(15)6-12(9)16-13(19)8-17-7-11(18(21)22)4-5-14(17)20/h2-7H,8H2,1H3,(H,16,19). The average molecular weight is 305 g/mol. The molecule has 1 N–H and O–H groups in total. The van der Waals surface area contributed by atoms with Gasteiger partial charge in [0, 0.05) is 17.8 Å². The minimum Gasteiger partial charge on any atom is -0.324 e. The number of rotatable bonds is 4. The molecule has 2 aromatic rings. The van der Waals surface area contributed by atoms with E-state index in [0.29, 0.717) is 5.56 Å². The third kappa shape index (κ3) is 3.54. The van der Waals surface area contributed by atoms with Crippen molar-refractivity contribution < 1.29 is 14.1 Å². The fourth-order valence-corrected chi connectivity index (χ4v) is 1.82. The third-order valence-electron chi connectivity index (χ3n) is 2.97. The molecule has 0 fully saturated rings. The second kappa shape index (κ2) is 6.17. The molecule has 0 saturated carbocycles. The number of halogens is 1. The van der Waals surface area contributed by atoms with Gasteiger partial charge in [0.2, 0.25) is 5.91 Å². The predicted molar refractivity (Wildman–Crippen MR) is 77.1 cm³/mol. The molecule has 1 aromatic heterocycles. The van der Waals surface area contributed by atoms with E-state index in [9.17, 15) is 24.1 Å². The molecular formula is C14H12FN3O4. The van der Waals surface area contributed by atoms with Gasteiger partial charge in [-0.25, -0.2) is 4.39 Å². The molecule has 0 bridgehead atoms. The number of aromatic nitrogens is 1. The van der Waals surface area contributed by atoms with Gasteiger partial charge in [-0.05, 0) is 24.6 Å². The highest BCUT2D eigenvalue weighted by Crippen LogP contribution is 2.16. The monoisotopic (exact) mass is 305 g/mol. The van der Waals surface area contributed by atoms with Crippen LogP contribution in [-0.4, -0.2) is 15.4 Å². The Morgan fingerprint density at radius 2 is 2.09 bits per heavy atom. The van der Waals surface area contributed by atoms with Crippen molar-refractivity contribution in [2.45, 2.75) is 13.5 Å². The lowest BCUT2D eigenvalue weighted by Crippen LogP contribution is -2.27. The van der Waals surface area contributed by atoms with Gasteiger partial charge in [-0.3, -0.25) is 24.3 Å². The first-order valence-corrected chi connectivity index (χ1v) is 6.27. The lowest BCUT2D eigenvalue weighted by Gasteiger charge is -2.09. The van der Waals surface area contributed by atoms with E-state index in [-0.39, 0.29) is 11.4 Å². The highest BCUT2D eigenvalue weighted by Gasteiger charge is 2.11. The zero-order valence-corrected chi connectivity index (χ0v) is 11.6. The summed E-state index contributed by atoms with van der Waals surface area (Å²) in [6, 6.07) is 6.00. The van der Waals surface area contributed by atoms with Gasteiger partial charge in [0.15, 0.2) is 0 Å².